The van der Waals surface area contributed by atoms with Gasteiger partial charge in [-0.2, -0.15) is 0 Å². The molecule has 0 aliphatic heterocycles. The highest BCUT2D eigenvalue weighted by Gasteiger charge is 2.18. The van der Waals surface area contributed by atoms with Gasteiger partial charge in [0.1, 0.15) is 0 Å². The predicted octanol–water partition coefficient (Wildman–Crippen LogP) is 2.05. The summed E-state index contributed by atoms with van der Waals surface area (Å²) in [5.74, 6) is -1.45. The van der Waals surface area contributed by atoms with Gasteiger partial charge in [-0.1, -0.05) is 42.5 Å². The third kappa shape index (κ3) is 7.96. The summed E-state index contributed by atoms with van der Waals surface area (Å²) in [6.07, 6.45) is 0.365. The van der Waals surface area contributed by atoms with Gasteiger partial charge in [0, 0.05) is 12.6 Å². The van der Waals surface area contributed by atoms with Crippen LogP contribution in [0.3, 0.4) is 0 Å². The van der Waals surface area contributed by atoms with Crippen LogP contribution in [0.1, 0.15) is 25.0 Å². The molecule has 0 saturated heterocycles. The molecule has 0 heterocycles. The first-order valence-electron chi connectivity index (χ1n) is 9.19. The number of hydrogen-bond donors (Lipinski definition) is 2. The Bertz CT molecular complexity index is 863. The Morgan fingerprint density at radius 2 is 1.55 bits per heavy atom. The van der Waals surface area contributed by atoms with Crippen LogP contribution in [0.15, 0.2) is 54.6 Å². The van der Waals surface area contributed by atoms with Crippen molar-refractivity contribution >= 4 is 29.3 Å². The smallest absolute Gasteiger partial charge is 0.310 e. The van der Waals surface area contributed by atoms with Crippen LogP contribution >= 0.6 is 0 Å². The molecule has 0 spiro atoms. The molecule has 2 aromatic rings. The monoisotopic (exact) mass is 396 g/mol. The molecule has 0 radical (unpaired) electrons. The minimum Gasteiger partial charge on any atom is -0.455 e. The fraction of sp³-hybridized carbons (Fsp3) is 0.273. The van der Waals surface area contributed by atoms with E-state index in [1.165, 1.54) is 13.8 Å². The molecule has 7 nitrogen and oxygen atoms in total. The molecule has 2 N–H and O–H groups in total. The molecule has 1 atom stereocenters. The van der Waals surface area contributed by atoms with Crippen molar-refractivity contribution in [1.29, 1.82) is 0 Å². The van der Waals surface area contributed by atoms with Crippen LogP contribution in [-0.2, 0) is 36.8 Å². The first-order valence-corrected chi connectivity index (χ1v) is 9.19. The fourth-order valence-electron chi connectivity index (χ4n) is 2.66. The molecule has 2 rings (SSSR count). The number of benzene rings is 2. The van der Waals surface area contributed by atoms with Crippen molar-refractivity contribution in [1.82, 2.24) is 5.32 Å². The summed E-state index contributed by atoms with van der Waals surface area (Å²) in [5.41, 5.74) is 2.24. The SMILES string of the molecule is CC(=O)Nc1ccc(CC(=O)OCC(=O)N[C@H](Cc2ccccc2)C(C)=O)cc1. The van der Waals surface area contributed by atoms with E-state index in [2.05, 4.69) is 10.6 Å². The molecule has 2 aromatic carbocycles. The van der Waals surface area contributed by atoms with Gasteiger partial charge < -0.3 is 15.4 Å². The lowest BCUT2D eigenvalue weighted by atomic mass is 10.0. The number of ether oxygens (including phenoxy) is 1. The molecular formula is C22H24N2O5. The van der Waals surface area contributed by atoms with E-state index in [1.54, 1.807) is 24.3 Å². The second-order valence-corrected chi connectivity index (χ2v) is 6.64. The molecule has 152 valence electrons. The third-order valence-electron chi connectivity index (χ3n) is 4.10. The molecule has 29 heavy (non-hydrogen) atoms. The molecule has 0 aliphatic carbocycles. The number of rotatable bonds is 9. The average Bonchev–Trinajstić information content (AvgIpc) is 2.68. The van der Waals surface area contributed by atoms with E-state index >= 15 is 0 Å². The predicted molar refractivity (Wildman–Crippen MR) is 108 cm³/mol. The van der Waals surface area contributed by atoms with Gasteiger partial charge in [0.15, 0.2) is 12.4 Å². The molecule has 0 fully saturated rings. The molecule has 2 amide bonds. The van der Waals surface area contributed by atoms with Crippen LogP contribution in [-0.4, -0.2) is 36.2 Å². The van der Waals surface area contributed by atoms with E-state index in [9.17, 15) is 19.2 Å². The van der Waals surface area contributed by atoms with E-state index in [0.717, 1.165) is 5.56 Å². The molecule has 0 aromatic heterocycles. The number of anilines is 1. The summed E-state index contributed by atoms with van der Waals surface area (Å²) in [6.45, 7) is 2.36. The van der Waals surface area contributed by atoms with Gasteiger partial charge in [-0.15, -0.1) is 0 Å². The zero-order chi connectivity index (χ0) is 21.2. The normalized spacial score (nSPS) is 11.2. The minimum absolute atomic E-state index is 0.00617. The van der Waals surface area contributed by atoms with Crippen molar-refractivity contribution in [3.05, 3.63) is 65.7 Å². The van der Waals surface area contributed by atoms with Gasteiger partial charge in [0.2, 0.25) is 5.91 Å². The minimum atomic E-state index is -0.676. The van der Waals surface area contributed by atoms with Crippen molar-refractivity contribution in [3.63, 3.8) is 0 Å². The zero-order valence-corrected chi connectivity index (χ0v) is 16.4. The van der Waals surface area contributed by atoms with Crippen LogP contribution in [0.5, 0.6) is 0 Å². The Balaban J connectivity index is 1.80. The lowest BCUT2D eigenvalue weighted by Crippen LogP contribution is -2.43. The highest BCUT2D eigenvalue weighted by molar-refractivity contribution is 5.89. The molecule has 7 heteroatoms. The van der Waals surface area contributed by atoms with Gasteiger partial charge in [-0.3, -0.25) is 19.2 Å². The number of carbonyl (C=O) groups excluding carboxylic acids is 4. The summed E-state index contributed by atoms with van der Waals surface area (Å²) in [5, 5.41) is 5.24. The first-order chi connectivity index (χ1) is 13.8. The third-order valence-corrected chi connectivity index (χ3v) is 4.10. The lowest BCUT2D eigenvalue weighted by Gasteiger charge is -2.16. The second kappa shape index (κ2) is 10.8. The maximum atomic E-state index is 12.1. The Morgan fingerprint density at radius 3 is 2.14 bits per heavy atom. The Hall–Kier alpha value is -3.48. The van der Waals surface area contributed by atoms with Crippen molar-refractivity contribution in [2.24, 2.45) is 0 Å². The van der Waals surface area contributed by atoms with Gasteiger partial charge in [-0.25, -0.2) is 0 Å². The first kappa shape index (κ1) is 21.8. The molecule has 0 bridgehead atoms. The van der Waals surface area contributed by atoms with Crippen LogP contribution in [0.25, 0.3) is 0 Å². The molecular weight excluding hydrogens is 372 g/mol. The van der Waals surface area contributed by atoms with E-state index in [-0.39, 0.29) is 18.1 Å². The van der Waals surface area contributed by atoms with Crippen molar-refractivity contribution in [2.45, 2.75) is 32.7 Å². The summed E-state index contributed by atoms with van der Waals surface area (Å²) < 4.78 is 5.00. The number of hydrogen-bond acceptors (Lipinski definition) is 5. The van der Waals surface area contributed by atoms with Crippen LogP contribution in [0.2, 0.25) is 0 Å². The van der Waals surface area contributed by atoms with Gasteiger partial charge >= 0.3 is 5.97 Å². The fourth-order valence-corrected chi connectivity index (χ4v) is 2.66. The highest BCUT2D eigenvalue weighted by atomic mass is 16.5. The van der Waals surface area contributed by atoms with E-state index in [1.807, 2.05) is 30.3 Å². The van der Waals surface area contributed by atoms with Crippen molar-refractivity contribution in [2.75, 3.05) is 11.9 Å². The molecule has 0 aliphatic rings. The molecule has 0 saturated carbocycles. The van der Waals surface area contributed by atoms with E-state index in [4.69, 9.17) is 4.74 Å². The largest absolute Gasteiger partial charge is 0.455 e. The second-order valence-electron chi connectivity index (χ2n) is 6.64. The number of carbonyl (C=O) groups is 4. The zero-order valence-electron chi connectivity index (χ0n) is 16.4. The number of Topliss-reactive ketones (excluding diaryl/α,β-unsaturated/α-hetero) is 1. The highest BCUT2D eigenvalue weighted by Crippen LogP contribution is 2.10. The van der Waals surface area contributed by atoms with Gasteiger partial charge in [0.05, 0.1) is 12.5 Å². The maximum Gasteiger partial charge on any atom is 0.310 e. The number of amides is 2. The van der Waals surface area contributed by atoms with Crippen LogP contribution in [0.4, 0.5) is 5.69 Å². The van der Waals surface area contributed by atoms with Crippen molar-refractivity contribution < 1.29 is 23.9 Å². The van der Waals surface area contributed by atoms with Crippen molar-refractivity contribution in [3.8, 4) is 0 Å². The summed E-state index contributed by atoms with van der Waals surface area (Å²) >= 11 is 0. The van der Waals surface area contributed by atoms with E-state index < -0.39 is 24.5 Å². The molecule has 0 unspecified atom stereocenters. The van der Waals surface area contributed by atoms with Crippen LogP contribution in [0, 0.1) is 0 Å². The summed E-state index contributed by atoms with van der Waals surface area (Å²) in [6, 6.07) is 15.4. The number of esters is 1. The standard InChI is InChI=1S/C22H24N2O5/c1-15(25)20(12-17-6-4-3-5-7-17)24-21(27)14-29-22(28)13-18-8-10-19(11-9-18)23-16(2)26/h3-11,20H,12-14H2,1-2H3,(H,23,26)(H,24,27)/t20-/m1/s1. The van der Waals surface area contributed by atoms with Gasteiger partial charge in [0.25, 0.3) is 5.91 Å². The Morgan fingerprint density at radius 1 is 0.897 bits per heavy atom. The topological polar surface area (TPSA) is 102 Å². The number of ketones is 1. The maximum absolute atomic E-state index is 12.1. The summed E-state index contributed by atoms with van der Waals surface area (Å²) in [4.78, 5) is 46.8. The average molecular weight is 396 g/mol. The van der Waals surface area contributed by atoms with E-state index in [0.29, 0.717) is 17.7 Å². The lowest BCUT2D eigenvalue weighted by molar-refractivity contribution is -0.148. The van der Waals surface area contributed by atoms with Gasteiger partial charge in [-0.05, 0) is 36.6 Å². The Labute approximate surface area is 169 Å². The van der Waals surface area contributed by atoms with Crippen LogP contribution < -0.4 is 10.6 Å². The Kier molecular flexibility index (Phi) is 8.09. The quantitative estimate of drug-likeness (QED) is 0.632. The summed E-state index contributed by atoms with van der Waals surface area (Å²) in [7, 11) is 0. The number of nitrogens with one attached hydrogen (secondary N) is 2.